The van der Waals surface area contributed by atoms with Gasteiger partial charge in [0.05, 0.1) is 6.61 Å². The van der Waals surface area contributed by atoms with Gasteiger partial charge in [-0.2, -0.15) is 0 Å². The van der Waals surface area contributed by atoms with Crippen LogP contribution in [0.3, 0.4) is 0 Å². The second-order valence-corrected chi connectivity index (χ2v) is 5.68. The highest BCUT2D eigenvalue weighted by molar-refractivity contribution is 5.45. The summed E-state index contributed by atoms with van der Waals surface area (Å²) < 4.78 is 11.2. The van der Waals surface area contributed by atoms with Crippen molar-refractivity contribution in [2.75, 3.05) is 13.7 Å². The largest absolute Gasteiger partial charge is 0.487 e. The Bertz CT molecular complexity index is 415. The van der Waals surface area contributed by atoms with Crippen LogP contribution < -0.4 is 10.1 Å². The first-order chi connectivity index (χ1) is 8.52. The van der Waals surface area contributed by atoms with Gasteiger partial charge in [0.1, 0.15) is 11.4 Å². The second kappa shape index (κ2) is 5.29. The molecule has 1 atom stereocenters. The van der Waals surface area contributed by atoms with Gasteiger partial charge in [0, 0.05) is 31.7 Å². The van der Waals surface area contributed by atoms with E-state index in [-0.39, 0.29) is 5.60 Å². The Kier molecular flexibility index (Phi) is 3.93. The average Bonchev–Trinajstić information content (AvgIpc) is 2.61. The number of para-hydroxylation sites is 1. The maximum Gasteiger partial charge on any atom is 0.127 e. The van der Waals surface area contributed by atoms with E-state index < -0.39 is 0 Å². The molecule has 0 fully saturated rings. The number of hydrogen-bond donors (Lipinski definition) is 1. The quantitative estimate of drug-likeness (QED) is 0.870. The Balaban J connectivity index is 2.05. The number of hydrogen-bond acceptors (Lipinski definition) is 3. The van der Waals surface area contributed by atoms with Crippen LogP contribution in [0.2, 0.25) is 0 Å². The third kappa shape index (κ3) is 3.03. The third-order valence-electron chi connectivity index (χ3n) is 3.23. The van der Waals surface area contributed by atoms with Gasteiger partial charge in [-0.15, -0.1) is 0 Å². The topological polar surface area (TPSA) is 30.5 Å². The highest BCUT2D eigenvalue weighted by atomic mass is 16.5. The van der Waals surface area contributed by atoms with E-state index in [2.05, 4.69) is 44.3 Å². The van der Waals surface area contributed by atoms with Gasteiger partial charge in [-0.25, -0.2) is 0 Å². The van der Waals surface area contributed by atoms with E-state index in [1.165, 1.54) is 11.1 Å². The lowest BCUT2D eigenvalue weighted by atomic mass is 10.0. The van der Waals surface area contributed by atoms with Crippen LogP contribution in [0.5, 0.6) is 5.75 Å². The van der Waals surface area contributed by atoms with Crippen LogP contribution in [-0.4, -0.2) is 25.4 Å². The van der Waals surface area contributed by atoms with Crippen molar-refractivity contribution in [3.8, 4) is 5.75 Å². The summed E-state index contributed by atoms with van der Waals surface area (Å²) in [7, 11) is 1.73. The maximum absolute atomic E-state index is 6.05. The lowest BCUT2D eigenvalue weighted by molar-refractivity contribution is 0.136. The lowest BCUT2D eigenvalue weighted by Gasteiger charge is -2.19. The highest BCUT2D eigenvalue weighted by Crippen LogP contribution is 2.37. The molecular weight excluding hydrogens is 226 g/mol. The summed E-state index contributed by atoms with van der Waals surface area (Å²) in [6, 6.07) is 6.75. The van der Waals surface area contributed by atoms with Gasteiger partial charge in [-0.1, -0.05) is 18.2 Å². The fraction of sp³-hybridized carbons (Fsp3) is 0.600. The van der Waals surface area contributed by atoms with Crippen molar-refractivity contribution in [3.05, 3.63) is 29.3 Å². The smallest absolute Gasteiger partial charge is 0.127 e. The summed E-state index contributed by atoms with van der Waals surface area (Å²) in [6.45, 7) is 7.94. The SMILES string of the molecule is COCC(C)NCc1cccc2c1OC(C)(C)C2. The zero-order chi connectivity index (χ0) is 13.2. The number of ether oxygens (including phenoxy) is 2. The fourth-order valence-corrected chi connectivity index (χ4v) is 2.41. The first-order valence-electron chi connectivity index (χ1n) is 6.54. The maximum atomic E-state index is 6.05. The standard InChI is InChI=1S/C15H23NO2/c1-11(10-17-4)16-9-13-7-5-6-12-8-15(2,3)18-14(12)13/h5-7,11,16H,8-10H2,1-4H3. The summed E-state index contributed by atoms with van der Waals surface area (Å²) in [5.74, 6) is 1.07. The van der Waals surface area contributed by atoms with E-state index in [0.717, 1.165) is 25.3 Å². The van der Waals surface area contributed by atoms with Crippen LogP contribution in [0, 0.1) is 0 Å². The molecular formula is C15H23NO2. The molecule has 1 N–H and O–H groups in total. The predicted octanol–water partition coefficient (Wildman–Crippen LogP) is 2.52. The first kappa shape index (κ1) is 13.4. The molecule has 0 bridgehead atoms. The van der Waals surface area contributed by atoms with Crippen LogP contribution in [0.15, 0.2) is 18.2 Å². The molecule has 0 saturated heterocycles. The van der Waals surface area contributed by atoms with Crippen molar-refractivity contribution in [2.24, 2.45) is 0 Å². The zero-order valence-corrected chi connectivity index (χ0v) is 11.7. The summed E-state index contributed by atoms with van der Waals surface area (Å²) in [5.41, 5.74) is 2.48. The molecule has 1 unspecified atom stereocenters. The van der Waals surface area contributed by atoms with Crippen molar-refractivity contribution in [1.29, 1.82) is 0 Å². The Labute approximate surface area is 109 Å². The second-order valence-electron chi connectivity index (χ2n) is 5.68. The van der Waals surface area contributed by atoms with Crippen molar-refractivity contribution in [2.45, 2.75) is 45.4 Å². The van der Waals surface area contributed by atoms with Crippen LogP contribution in [0.4, 0.5) is 0 Å². The highest BCUT2D eigenvalue weighted by Gasteiger charge is 2.31. The van der Waals surface area contributed by atoms with E-state index in [9.17, 15) is 0 Å². The van der Waals surface area contributed by atoms with Crippen molar-refractivity contribution >= 4 is 0 Å². The number of fused-ring (bicyclic) bond motifs is 1. The van der Waals surface area contributed by atoms with E-state index in [4.69, 9.17) is 9.47 Å². The molecule has 1 aliphatic heterocycles. The summed E-state index contributed by atoms with van der Waals surface area (Å²) in [4.78, 5) is 0. The Morgan fingerprint density at radius 3 is 2.94 bits per heavy atom. The minimum Gasteiger partial charge on any atom is -0.487 e. The monoisotopic (exact) mass is 249 g/mol. The molecule has 0 aromatic heterocycles. The van der Waals surface area contributed by atoms with Crippen molar-refractivity contribution < 1.29 is 9.47 Å². The molecule has 18 heavy (non-hydrogen) atoms. The zero-order valence-electron chi connectivity index (χ0n) is 11.7. The van der Waals surface area contributed by atoms with Crippen LogP contribution >= 0.6 is 0 Å². The average molecular weight is 249 g/mol. The van der Waals surface area contributed by atoms with Crippen LogP contribution in [-0.2, 0) is 17.7 Å². The molecule has 100 valence electrons. The molecule has 1 aliphatic rings. The van der Waals surface area contributed by atoms with Gasteiger partial charge in [0.25, 0.3) is 0 Å². The number of benzene rings is 1. The minimum atomic E-state index is -0.0728. The van der Waals surface area contributed by atoms with Crippen LogP contribution in [0.1, 0.15) is 31.9 Å². The van der Waals surface area contributed by atoms with Crippen molar-refractivity contribution in [3.63, 3.8) is 0 Å². The van der Waals surface area contributed by atoms with Gasteiger partial charge in [0.2, 0.25) is 0 Å². The molecule has 1 heterocycles. The first-order valence-corrected chi connectivity index (χ1v) is 6.54. The van der Waals surface area contributed by atoms with E-state index >= 15 is 0 Å². The molecule has 0 aliphatic carbocycles. The third-order valence-corrected chi connectivity index (χ3v) is 3.23. The van der Waals surface area contributed by atoms with E-state index in [0.29, 0.717) is 6.04 Å². The van der Waals surface area contributed by atoms with Gasteiger partial charge >= 0.3 is 0 Å². The molecule has 0 amide bonds. The van der Waals surface area contributed by atoms with E-state index in [1.807, 2.05) is 0 Å². The number of nitrogens with one attached hydrogen (secondary N) is 1. The minimum absolute atomic E-state index is 0.0728. The molecule has 3 nitrogen and oxygen atoms in total. The molecule has 2 rings (SSSR count). The lowest BCUT2D eigenvalue weighted by Crippen LogP contribution is -2.30. The van der Waals surface area contributed by atoms with Gasteiger partial charge in [0.15, 0.2) is 0 Å². The number of rotatable bonds is 5. The molecule has 1 aromatic rings. The summed E-state index contributed by atoms with van der Waals surface area (Å²) in [6.07, 6.45) is 0.990. The van der Waals surface area contributed by atoms with Gasteiger partial charge in [-0.3, -0.25) is 0 Å². The molecule has 0 spiro atoms. The number of methoxy groups -OCH3 is 1. The van der Waals surface area contributed by atoms with Gasteiger partial charge < -0.3 is 14.8 Å². The summed E-state index contributed by atoms with van der Waals surface area (Å²) >= 11 is 0. The summed E-state index contributed by atoms with van der Waals surface area (Å²) in [5, 5.41) is 3.45. The molecule has 3 heteroatoms. The molecule has 0 saturated carbocycles. The van der Waals surface area contributed by atoms with E-state index in [1.54, 1.807) is 7.11 Å². The Hall–Kier alpha value is -1.06. The molecule has 1 aromatic carbocycles. The van der Waals surface area contributed by atoms with Crippen LogP contribution in [0.25, 0.3) is 0 Å². The fourth-order valence-electron chi connectivity index (χ4n) is 2.41. The Morgan fingerprint density at radius 2 is 2.22 bits per heavy atom. The predicted molar refractivity (Wildman–Crippen MR) is 73.0 cm³/mol. The van der Waals surface area contributed by atoms with Crippen molar-refractivity contribution in [1.82, 2.24) is 5.32 Å². The normalized spacial score (nSPS) is 18.2. The van der Waals surface area contributed by atoms with Gasteiger partial charge in [-0.05, 0) is 26.3 Å². The molecule has 0 radical (unpaired) electrons. The Morgan fingerprint density at radius 1 is 1.44 bits per heavy atom.